The first-order valence-electron chi connectivity index (χ1n) is 17.8. The first-order valence-corrected chi connectivity index (χ1v) is 17.8. The van der Waals surface area contributed by atoms with Gasteiger partial charge in [-0.15, -0.1) is 0 Å². The molecule has 2 heterocycles. The van der Waals surface area contributed by atoms with E-state index in [2.05, 4.69) is 16.0 Å². The first kappa shape index (κ1) is 37.9. The van der Waals surface area contributed by atoms with Crippen LogP contribution in [0, 0.1) is 18.3 Å². The minimum atomic E-state index is -1.16. The third-order valence-corrected chi connectivity index (χ3v) is 9.52. The van der Waals surface area contributed by atoms with Gasteiger partial charge in [0, 0.05) is 31.7 Å². The van der Waals surface area contributed by atoms with Crippen LogP contribution in [0.2, 0.25) is 0 Å². The Kier molecular flexibility index (Phi) is 13.3. The molecule has 49 heavy (non-hydrogen) atoms. The van der Waals surface area contributed by atoms with Gasteiger partial charge in [-0.1, -0.05) is 50.2 Å². The molecule has 4 amide bonds. The second-order valence-corrected chi connectivity index (χ2v) is 15.2. The quantitative estimate of drug-likeness (QED) is 0.367. The summed E-state index contributed by atoms with van der Waals surface area (Å²) in [7, 11) is 0. The Balaban J connectivity index is 1.60. The topological polar surface area (TPSA) is 126 Å². The normalized spacial score (nSPS) is 21.5. The lowest BCUT2D eigenvalue weighted by molar-refractivity contribution is -0.140. The average Bonchev–Trinajstić information content (AvgIpc) is 3.05. The van der Waals surface area contributed by atoms with Gasteiger partial charge in [-0.25, -0.2) is 0 Å². The molecule has 4 rings (SSSR count). The van der Waals surface area contributed by atoms with E-state index in [0.717, 1.165) is 41.7 Å². The van der Waals surface area contributed by atoms with Crippen LogP contribution in [0.5, 0.6) is 5.75 Å². The maximum atomic E-state index is 14.1. The van der Waals surface area contributed by atoms with E-state index in [9.17, 15) is 19.2 Å². The second-order valence-electron chi connectivity index (χ2n) is 15.2. The molecular weight excluding hydrogens is 620 g/mol. The van der Waals surface area contributed by atoms with Crippen LogP contribution in [0.4, 0.5) is 0 Å². The van der Waals surface area contributed by atoms with Crippen molar-refractivity contribution in [3.8, 4) is 5.75 Å². The van der Waals surface area contributed by atoms with Gasteiger partial charge in [0.25, 0.3) is 0 Å². The lowest BCUT2D eigenvalue weighted by Crippen LogP contribution is -2.56. The second kappa shape index (κ2) is 17.1. The highest BCUT2D eigenvalue weighted by atomic mass is 16.5. The SMILES string of the molecule is Cc1ccc2cc1CNC(=O)[C@H](CCc1ccccc1)NC(=O)[C@@H](NC(=O)C(C)(C)CCOC(C)(C)C)CC(=O)N1CCCC(CCO2)C1. The Bertz CT molecular complexity index is 1440. The van der Waals surface area contributed by atoms with Crippen molar-refractivity contribution < 1.29 is 28.7 Å². The summed E-state index contributed by atoms with van der Waals surface area (Å²) in [6.45, 7) is 13.8. The smallest absolute Gasteiger partial charge is 0.243 e. The fourth-order valence-corrected chi connectivity index (χ4v) is 6.19. The summed E-state index contributed by atoms with van der Waals surface area (Å²) in [5, 5.41) is 8.83. The van der Waals surface area contributed by atoms with Gasteiger partial charge in [-0.2, -0.15) is 0 Å². The van der Waals surface area contributed by atoms with E-state index in [1.807, 2.05) is 76.2 Å². The summed E-state index contributed by atoms with van der Waals surface area (Å²) in [5.41, 5.74) is 1.76. The molecule has 0 aromatic heterocycles. The number of hydrogen-bond donors (Lipinski definition) is 3. The summed E-state index contributed by atoms with van der Waals surface area (Å²) in [5.74, 6) is -0.445. The Morgan fingerprint density at radius 3 is 2.51 bits per heavy atom. The van der Waals surface area contributed by atoms with E-state index in [1.165, 1.54) is 0 Å². The molecule has 0 aliphatic carbocycles. The summed E-state index contributed by atoms with van der Waals surface area (Å²) >= 11 is 0. The van der Waals surface area contributed by atoms with Crippen LogP contribution in [0.25, 0.3) is 0 Å². The van der Waals surface area contributed by atoms with Gasteiger partial charge in [-0.05, 0) is 101 Å². The lowest BCUT2D eigenvalue weighted by Gasteiger charge is -2.34. The van der Waals surface area contributed by atoms with E-state index in [0.29, 0.717) is 45.6 Å². The highest BCUT2D eigenvalue weighted by Crippen LogP contribution is 2.25. The number of amides is 4. The molecule has 10 heteroatoms. The van der Waals surface area contributed by atoms with Gasteiger partial charge in [0.1, 0.15) is 17.8 Å². The Hall–Kier alpha value is -3.92. The third kappa shape index (κ3) is 11.9. The molecule has 4 bridgehead atoms. The van der Waals surface area contributed by atoms with Crippen LogP contribution >= 0.6 is 0 Å². The molecule has 2 aromatic rings. The predicted molar refractivity (Wildman–Crippen MR) is 190 cm³/mol. The lowest BCUT2D eigenvalue weighted by atomic mass is 9.88. The van der Waals surface area contributed by atoms with Crippen molar-refractivity contribution in [2.75, 3.05) is 26.3 Å². The molecule has 3 N–H and O–H groups in total. The molecule has 1 unspecified atom stereocenters. The highest BCUT2D eigenvalue weighted by molar-refractivity contribution is 5.95. The van der Waals surface area contributed by atoms with E-state index in [4.69, 9.17) is 9.47 Å². The molecule has 2 aliphatic rings. The monoisotopic (exact) mass is 676 g/mol. The zero-order chi connectivity index (χ0) is 35.6. The van der Waals surface area contributed by atoms with Gasteiger partial charge >= 0.3 is 0 Å². The summed E-state index contributed by atoms with van der Waals surface area (Å²) in [6.07, 6.45) is 3.75. The Labute approximate surface area is 292 Å². The number of rotatable bonds is 8. The van der Waals surface area contributed by atoms with E-state index >= 15 is 0 Å². The molecule has 1 saturated heterocycles. The number of carbonyl (C=O) groups excluding carboxylic acids is 4. The van der Waals surface area contributed by atoms with Gasteiger partial charge in [0.2, 0.25) is 23.6 Å². The van der Waals surface area contributed by atoms with E-state index in [1.54, 1.807) is 18.7 Å². The van der Waals surface area contributed by atoms with E-state index < -0.39 is 23.4 Å². The van der Waals surface area contributed by atoms with Crippen molar-refractivity contribution in [2.45, 2.75) is 111 Å². The summed E-state index contributed by atoms with van der Waals surface area (Å²) in [6, 6.07) is 13.6. The van der Waals surface area contributed by atoms with Crippen LogP contribution in [0.15, 0.2) is 48.5 Å². The number of ether oxygens (including phenoxy) is 2. The molecule has 0 spiro atoms. The van der Waals surface area contributed by atoms with Crippen molar-refractivity contribution in [3.63, 3.8) is 0 Å². The fraction of sp³-hybridized carbons (Fsp3) is 0.590. The van der Waals surface area contributed by atoms with Crippen LogP contribution in [0.3, 0.4) is 0 Å². The van der Waals surface area contributed by atoms with Crippen LogP contribution in [0.1, 0.15) is 89.8 Å². The Morgan fingerprint density at radius 2 is 1.78 bits per heavy atom. The maximum Gasteiger partial charge on any atom is 0.243 e. The molecule has 2 aromatic carbocycles. The minimum Gasteiger partial charge on any atom is -0.494 e. The van der Waals surface area contributed by atoms with Crippen LogP contribution in [-0.2, 0) is 36.9 Å². The number of nitrogens with one attached hydrogen (secondary N) is 3. The zero-order valence-corrected chi connectivity index (χ0v) is 30.2. The number of carbonyl (C=O) groups is 4. The molecule has 10 nitrogen and oxygen atoms in total. The number of hydrogen-bond acceptors (Lipinski definition) is 6. The van der Waals surface area contributed by atoms with Crippen molar-refractivity contribution >= 4 is 23.6 Å². The van der Waals surface area contributed by atoms with Crippen LogP contribution in [-0.4, -0.2) is 72.5 Å². The molecule has 2 aliphatic heterocycles. The summed E-state index contributed by atoms with van der Waals surface area (Å²) in [4.78, 5) is 57.1. The summed E-state index contributed by atoms with van der Waals surface area (Å²) < 4.78 is 12.0. The molecule has 3 atom stereocenters. The Morgan fingerprint density at radius 1 is 1.02 bits per heavy atom. The predicted octanol–water partition coefficient (Wildman–Crippen LogP) is 4.86. The standard InChI is InChI=1S/C39H56N4O6/c1-27-14-16-31-23-30(27)25-40-35(45)32(17-15-28-11-8-7-9-12-28)41-36(46)33(42-37(47)39(5,6)19-22-49-38(2,3)4)24-34(44)43-20-10-13-29(26-43)18-21-48-31/h7-9,11-12,14,16,23,29,32-33H,10,13,15,17-22,24-26H2,1-6H3,(H,40,45)(H,41,46)(H,42,47)/t29?,32-,33-/m0/s1. The minimum absolute atomic E-state index is 0.200. The van der Waals surface area contributed by atoms with Crippen molar-refractivity contribution in [3.05, 3.63) is 65.2 Å². The van der Waals surface area contributed by atoms with Gasteiger partial charge < -0.3 is 30.3 Å². The van der Waals surface area contributed by atoms with Crippen molar-refractivity contribution in [1.82, 2.24) is 20.9 Å². The molecule has 1 fully saturated rings. The van der Waals surface area contributed by atoms with Crippen molar-refractivity contribution in [1.29, 1.82) is 0 Å². The number of nitrogens with zero attached hydrogens (tertiary/aromatic N) is 1. The molecule has 0 radical (unpaired) electrons. The fourth-order valence-electron chi connectivity index (χ4n) is 6.19. The molecular formula is C39H56N4O6. The van der Waals surface area contributed by atoms with E-state index in [-0.39, 0.29) is 42.2 Å². The maximum absolute atomic E-state index is 14.1. The van der Waals surface area contributed by atoms with Gasteiger partial charge in [-0.3, -0.25) is 19.2 Å². The average molecular weight is 677 g/mol. The number of benzene rings is 2. The van der Waals surface area contributed by atoms with Gasteiger partial charge in [0.05, 0.1) is 18.6 Å². The number of fused-ring (bicyclic) bond motifs is 4. The first-order chi connectivity index (χ1) is 23.2. The number of piperidine rings is 1. The molecule has 268 valence electrons. The largest absolute Gasteiger partial charge is 0.494 e. The molecule has 0 saturated carbocycles. The highest BCUT2D eigenvalue weighted by Gasteiger charge is 2.35. The van der Waals surface area contributed by atoms with Crippen LogP contribution < -0.4 is 20.7 Å². The number of aryl methyl sites for hydroxylation is 2. The zero-order valence-electron chi connectivity index (χ0n) is 30.2. The van der Waals surface area contributed by atoms with Crippen molar-refractivity contribution in [2.24, 2.45) is 11.3 Å². The third-order valence-electron chi connectivity index (χ3n) is 9.52. The van der Waals surface area contributed by atoms with Gasteiger partial charge in [0.15, 0.2) is 0 Å².